The lowest BCUT2D eigenvalue weighted by Gasteiger charge is -2.04. The van der Waals surface area contributed by atoms with Crippen molar-refractivity contribution in [3.05, 3.63) is 76.7 Å². The predicted octanol–water partition coefficient (Wildman–Crippen LogP) is 3.74. The molecule has 5 rings (SSSR count). The highest BCUT2D eigenvalue weighted by Gasteiger charge is 2.12. The topological polar surface area (TPSA) is 66.5 Å². The Balaban J connectivity index is 1.54. The molecule has 5 aromatic rings. The van der Waals surface area contributed by atoms with E-state index >= 15 is 0 Å². The van der Waals surface area contributed by atoms with Crippen LogP contribution in [0.4, 0.5) is 4.39 Å². The molecule has 0 unspecified atom stereocenters. The summed E-state index contributed by atoms with van der Waals surface area (Å²) in [7, 11) is 0. The molecule has 3 aromatic heterocycles. The van der Waals surface area contributed by atoms with Crippen LogP contribution in [0.3, 0.4) is 0 Å². The van der Waals surface area contributed by atoms with Crippen LogP contribution in [0, 0.1) is 5.82 Å². The molecule has 0 aliphatic rings. The summed E-state index contributed by atoms with van der Waals surface area (Å²) in [6.45, 7) is 0.521. The maximum Gasteiger partial charge on any atom is 0.277 e. The molecule has 2 aromatic carbocycles. The number of benzene rings is 2. The summed E-state index contributed by atoms with van der Waals surface area (Å²) >= 11 is 0. The van der Waals surface area contributed by atoms with Crippen molar-refractivity contribution in [3.8, 4) is 0 Å². The van der Waals surface area contributed by atoms with Crippen molar-refractivity contribution in [3.63, 3.8) is 0 Å². The smallest absolute Gasteiger partial charge is 0.277 e. The summed E-state index contributed by atoms with van der Waals surface area (Å²) in [6, 6.07) is 12.5. The van der Waals surface area contributed by atoms with E-state index in [4.69, 9.17) is 0 Å². The van der Waals surface area contributed by atoms with Crippen molar-refractivity contribution in [1.29, 1.82) is 0 Å². The monoisotopic (exact) mass is 346 g/mol. The number of fused-ring (bicyclic) bond motifs is 4. The highest BCUT2D eigenvalue weighted by molar-refractivity contribution is 6.04. The number of rotatable bonds is 3. The van der Waals surface area contributed by atoms with Gasteiger partial charge < -0.3 is 9.97 Å². The van der Waals surface area contributed by atoms with Gasteiger partial charge in [-0.25, -0.2) is 9.37 Å². The predicted molar refractivity (Wildman–Crippen MR) is 99.8 cm³/mol. The molecule has 0 amide bonds. The van der Waals surface area contributed by atoms with E-state index in [1.54, 1.807) is 10.6 Å². The Kier molecular flexibility index (Phi) is 3.18. The second-order valence-corrected chi connectivity index (χ2v) is 6.39. The summed E-state index contributed by atoms with van der Waals surface area (Å²) in [5.41, 5.74) is 3.72. The normalized spacial score (nSPS) is 11.7. The van der Waals surface area contributed by atoms with Crippen LogP contribution in [0.15, 0.2) is 59.8 Å². The molecule has 0 spiro atoms. The van der Waals surface area contributed by atoms with Gasteiger partial charge in [-0.05, 0) is 36.2 Å². The van der Waals surface area contributed by atoms with Gasteiger partial charge in [0.05, 0.1) is 6.33 Å². The molecule has 0 saturated heterocycles. The van der Waals surface area contributed by atoms with Gasteiger partial charge in [0.25, 0.3) is 5.56 Å². The Morgan fingerprint density at radius 3 is 2.88 bits per heavy atom. The fraction of sp³-hybridized carbons (Fsp3) is 0.100. The van der Waals surface area contributed by atoms with E-state index in [1.165, 1.54) is 18.5 Å². The summed E-state index contributed by atoms with van der Waals surface area (Å²) in [5, 5.41) is 1.79. The molecule has 2 N–H and O–H groups in total. The molecule has 0 fully saturated rings. The Bertz CT molecular complexity index is 1330. The summed E-state index contributed by atoms with van der Waals surface area (Å²) in [6.07, 6.45) is 4.23. The number of nitrogens with one attached hydrogen (secondary N) is 2. The minimum Gasteiger partial charge on any atom is -0.361 e. The summed E-state index contributed by atoms with van der Waals surface area (Å²) < 4.78 is 15.1. The van der Waals surface area contributed by atoms with E-state index in [2.05, 4.69) is 21.0 Å². The van der Waals surface area contributed by atoms with E-state index in [-0.39, 0.29) is 11.4 Å². The fourth-order valence-corrected chi connectivity index (χ4v) is 3.50. The molecule has 26 heavy (non-hydrogen) atoms. The molecule has 0 aliphatic heterocycles. The van der Waals surface area contributed by atoms with Crippen LogP contribution in [-0.2, 0) is 13.0 Å². The first-order valence-electron chi connectivity index (χ1n) is 8.42. The van der Waals surface area contributed by atoms with Gasteiger partial charge in [0.1, 0.15) is 16.9 Å². The van der Waals surface area contributed by atoms with Crippen LogP contribution in [0.5, 0.6) is 0 Å². The number of para-hydroxylation sites is 1. The fourth-order valence-electron chi connectivity index (χ4n) is 3.50. The Labute approximate surface area is 147 Å². The number of nitrogens with zero attached hydrogens (tertiary/aromatic N) is 2. The quantitative estimate of drug-likeness (QED) is 0.523. The van der Waals surface area contributed by atoms with E-state index in [0.717, 1.165) is 16.5 Å². The third kappa shape index (κ3) is 2.23. The molecular weight excluding hydrogens is 331 g/mol. The molecule has 0 saturated carbocycles. The first-order valence-corrected chi connectivity index (χ1v) is 8.42. The first kappa shape index (κ1) is 14.9. The number of hydrogen-bond acceptors (Lipinski definition) is 2. The Morgan fingerprint density at radius 2 is 1.96 bits per heavy atom. The van der Waals surface area contributed by atoms with Crippen molar-refractivity contribution in [2.24, 2.45) is 0 Å². The molecular formula is C20H15FN4O. The number of hydrogen-bond donors (Lipinski definition) is 2. The SMILES string of the molecule is O=c1c2[nH]c3ccc(F)cc3c2ncn1CCc1c[nH]c2ccccc12. The number of aromatic amines is 2. The van der Waals surface area contributed by atoms with Crippen LogP contribution >= 0.6 is 0 Å². The van der Waals surface area contributed by atoms with Gasteiger partial charge in [-0.15, -0.1) is 0 Å². The highest BCUT2D eigenvalue weighted by Crippen LogP contribution is 2.22. The van der Waals surface area contributed by atoms with E-state index in [0.29, 0.717) is 34.9 Å². The van der Waals surface area contributed by atoms with Crippen LogP contribution in [0.1, 0.15) is 5.56 Å². The standard InChI is InChI=1S/C20H15FN4O/c21-13-5-6-17-15(9-13)18-19(24-17)20(26)25(11-23-18)8-7-12-10-22-16-4-2-1-3-14(12)16/h1-6,9-11,22,24H,7-8H2. The van der Waals surface area contributed by atoms with Gasteiger partial charge in [0, 0.05) is 34.5 Å². The van der Waals surface area contributed by atoms with E-state index in [9.17, 15) is 9.18 Å². The molecule has 0 atom stereocenters. The zero-order valence-corrected chi connectivity index (χ0v) is 13.8. The first-order chi connectivity index (χ1) is 12.7. The minimum absolute atomic E-state index is 0.147. The molecule has 128 valence electrons. The minimum atomic E-state index is -0.344. The summed E-state index contributed by atoms with van der Waals surface area (Å²) in [4.78, 5) is 23.5. The number of halogens is 1. The van der Waals surface area contributed by atoms with Gasteiger partial charge in [0.2, 0.25) is 0 Å². The van der Waals surface area contributed by atoms with Crippen LogP contribution in [-0.4, -0.2) is 19.5 Å². The zero-order chi connectivity index (χ0) is 17.7. The lowest BCUT2D eigenvalue weighted by Crippen LogP contribution is -2.21. The van der Waals surface area contributed by atoms with Crippen molar-refractivity contribution >= 4 is 32.8 Å². The second kappa shape index (κ2) is 5.56. The number of aromatic nitrogens is 4. The van der Waals surface area contributed by atoms with Crippen LogP contribution in [0.2, 0.25) is 0 Å². The number of aryl methyl sites for hydroxylation is 2. The third-order valence-electron chi connectivity index (χ3n) is 4.83. The van der Waals surface area contributed by atoms with E-state index in [1.807, 2.05) is 24.4 Å². The molecule has 0 radical (unpaired) electrons. The van der Waals surface area contributed by atoms with Crippen molar-refractivity contribution < 1.29 is 4.39 Å². The average Bonchev–Trinajstić information content (AvgIpc) is 3.23. The van der Waals surface area contributed by atoms with Gasteiger partial charge in [-0.1, -0.05) is 18.2 Å². The largest absolute Gasteiger partial charge is 0.361 e. The van der Waals surface area contributed by atoms with Gasteiger partial charge in [-0.3, -0.25) is 9.36 Å². The molecule has 0 bridgehead atoms. The van der Waals surface area contributed by atoms with Crippen molar-refractivity contribution in [2.75, 3.05) is 0 Å². The van der Waals surface area contributed by atoms with Gasteiger partial charge >= 0.3 is 0 Å². The van der Waals surface area contributed by atoms with E-state index < -0.39 is 0 Å². The molecule has 3 heterocycles. The summed E-state index contributed by atoms with van der Waals surface area (Å²) in [5.74, 6) is -0.344. The van der Waals surface area contributed by atoms with Gasteiger partial charge in [-0.2, -0.15) is 0 Å². The van der Waals surface area contributed by atoms with Crippen molar-refractivity contribution in [1.82, 2.24) is 19.5 Å². The molecule has 6 heteroatoms. The number of H-pyrrole nitrogens is 2. The Hall–Kier alpha value is -3.41. The zero-order valence-electron chi connectivity index (χ0n) is 13.8. The van der Waals surface area contributed by atoms with Gasteiger partial charge in [0.15, 0.2) is 0 Å². The lowest BCUT2D eigenvalue weighted by molar-refractivity contribution is 0.630. The molecule has 5 nitrogen and oxygen atoms in total. The maximum atomic E-state index is 13.5. The highest BCUT2D eigenvalue weighted by atomic mass is 19.1. The second-order valence-electron chi connectivity index (χ2n) is 6.39. The van der Waals surface area contributed by atoms with Crippen LogP contribution < -0.4 is 5.56 Å². The lowest BCUT2D eigenvalue weighted by atomic mass is 10.1. The Morgan fingerprint density at radius 1 is 1.08 bits per heavy atom. The van der Waals surface area contributed by atoms with Crippen molar-refractivity contribution in [2.45, 2.75) is 13.0 Å². The third-order valence-corrected chi connectivity index (χ3v) is 4.83. The average molecular weight is 346 g/mol. The maximum absolute atomic E-state index is 13.5. The van der Waals surface area contributed by atoms with Crippen LogP contribution in [0.25, 0.3) is 32.8 Å². The molecule has 0 aliphatic carbocycles.